The molecule has 1 saturated heterocycles. The van der Waals surface area contributed by atoms with Crippen molar-refractivity contribution < 1.29 is 18.7 Å². The first-order valence-electron chi connectivity index (χ1n) is 10.6. The molecular formula is C23H31FN2O3. The third-order valence-electron chi connectivity index (χ3n) is 6.47. The van der Waals surface area contributed by atoms with Crippen molar-refractivity contribution >= 4 is 17.7 Å². The lowest BCUT2D eigenvalue weighted by molar-refractivity contribution is -0.123. The Morgan fingerprint density at radius 1 is 1.24 bits per heavy atom. The molecule has 4 rings (SSSR count). The molecule has 2 heterocycles. The Balaban J connectivity index is 1.69. The second-order valence-corrected chi connectivity index (χ2v) is 10.2. The number of likely N-dealkylation sites (tertiary alicyclic amines) is 1. The zero-order chi connectivity index (χ0) is 21.1. The number of hydrogen-bond donors (Lipinski definition) is 0. The van der Waals surface area contributed by atoms with Gasteiger partial charge in [-0.05, 0) is 76.0 Å². The van der Waals surface area contributed by atoms with E-state index in [2.05, 4.69) is 6.92 Å². The third kappa shape index (κ3) is 3.62. The van der Waals surface area contributed by atoms with Gasteiger partial charge in [0.1, 0.15) is 11.4 Å². The number of benzene rings is 1. The molecule has 158 valence electrons. The summed E-state index contributed by atoms with van der Waals surface area (Å²) in [5, 5.41) is 0. The summed E-state index contributed by atoms with van der Waals surface area (Å²) in [7, 11) is 1.67. The number of carbonyl (C=O) groups excluding carboxylic acids is 2. The van der Waals surface area contributed by atoms with Crippen molar-refractivity contribution in [2.75, 3.05) is 18.5 Å². The summed E-state index contributed by atoms with van der Waals surface area (Å²) in [5.41, 5.74) is 1.16. The number of amides is 2. The monoisotopic (exact) mass is 402 g/mol. The highest BCUT2D eigenvalue weighted by Gasteiger charge is 2.54. The van der Waals surface area contributed by atoms with Crippen LogP contribution < -0.4 is 4.90 Å². The minimum absolute atomic E-state index is 0.0264. The summed E-state index contributed by atoms with van der Waals surface area (Å²) >= 11 is 0. The fourth-order valence-corrected chi connectivity index (χ4v) is 4.84. The van der Waals surface area contributed by atoms with Gasteiger partial charge in [0.25, 0.3) is 0 Å². The molecule has 0 bridgehead atoms. The molecule has 29 heavy (non-hydrogen) atoms. The smallest absolute Gasteiger partial charge is 0.410 e. The highest BCUT2D eigenvalue weighted by Crippen LogP contribution is 2.54. The average Bonchev–Trinajstić information content (AvgIpc) is 3.38. The Bertz CT molecular complexity index is 856. The fraction of sp³-hybridized carbons (Fsp3) is 0.652. The number of ether oxygens (including phenoxy) is 1. The lowest BCUT2D eigenvalue weighted by Gasteiger charge is -2.40. The van der Waals surface area contributed by atoms with Gasteiger partial charge in [0.2, 0.25) is 5.91 Å². The molecule has 0 N–H and O–H groups in total. The number of fused-ring (bicyclic) bond motifs is 1. The molecular weight excluding hydrogens is 371 g/mol. The predicted octanol–water partition coefficient (Wildman–Crippen LogP) is 4.83. The average molecular weight is 403 g/mol. The van der Waals surface area contributed by atoms with Gasteiger partial charge in [0, 0.05) is 13.6 Å². The first-order chi connectivity index (χ1) is 13.5. The lowest BCUT2D eigenvalue weighted by atomic mass is 9.85. The van der Waals surface area contributed by atoms with E-state index in [-0.39, 0.29) is 29.3 Å². The molecule has 0 radical (unpaired) electrons. The zero-order valence-corrected chi connectivity index (χ0v) is 18.0. The maximum Gasteiger partial charge on any atom is 0.410 e. The molecule has 1 saturated carbocycles. The summed E-state index contributed by atoms with van der Waals surface area (Å²) in [6, 6.07) is 3.31. The van der Waals surface area contributed by atoms with Gasteiger partial charge >= 0.3 is 6.09 Å². The Kier molecular flexibility index (Phi) is 4.67. The molecule has 1 aromatic carbocycles. The molecule has 2 fully saturated rings. The van der Waals surface area contributed by atoms with E-state index < -0.39 is 5.60 Å². The minimum Gasteiger partial charge on any atom is -0.444 e. The van der Waals surface area contributed by atoms with Crippen molar-refractivity contribution in [2.45, 2.75) is 71.4 Å². The van der Waals surface area contributed by atoms with E-state index in [4.69, 9.17) is 4.74 Å². The number of anilines is 1. The topological polar surface area (TPSA) is 49.9 Å². The molecule has 5 nitrogen and oxygen atoms in total. The molecule has 1 aliphatic carbocycles. The van der Waals surface area contributed by atoms with E-state index in [1.54, 1.807) is 11.9 Å². The van der Waals surface area contributed by atoms with Crippen LogP contribution in [-0.4, -0.2) is 36.1 Å². The molecule has 1 unspecified atom stereocenters. The summed E-state index contributed by atoms with van der Waals surface area (Å²) in [6.45, 7) is 8.29. The van der Waals surface area contributed by atoms with Crippen molar-refractivity contribution in [3.05, 3.63) is 29.1 Å². The molecule has 2 aliphatic heterocycles. The minimum atomic E-state index is -0.579. The number of halogens is 1. The van der Waals surface area contributed by atoms with Gasteiger partial charge in [-0.15, -0.1) is 0 Å². The normalized spacial score (nSPS) is 25.8. The van der Waals surface area contributed by atoms with Gasteiger partial charge in [-0.1, -0.05) is 13.0 Å². The quantitative estimate of drug-likeness (QED) is 0.676. The van der Waals surface area contributed by atoms with Gasteiger partial charge in [-0.25, -0.2) is 9.18 Å². The molecule has 1 spiro atoms. The van der Waals surface area contributed by atoms with Crippen molar-refractivity contribution in [2.24, 2.45) is 11.3 Å². The maximum absolute atomic E-state index is 15.1. The van der Waals surface area contributed by atoms with Crippen LogP contribution in [-0.2, 0) is 16.0 Å². The van der Waals surface area contributed by atoms with Crippen molar-refractivity contribution in [3.8, 4) is 0 Å². The van der Waals surface area contributed by atoms with Crippen LogP contribution in [0.2, 0.25) is 0 Å². The highest BCUT2D eigenvalue weighted by atomic mass is 19.1. The Morgan fingerprint density at radius 2 is 1.93 bits per heavy atom. The van der Waals surface area contributed by atoms with Crippen molar-refractivity contribution in [3.63, 3.8) is 0 Å². The molecule has 6 heteroatoms. The second kappa shape index (κ2) is 6.71. The molecule has 3 aliphatic rings. The van der Waals surface area contributed by atoms with Crippen molar-refractivity contribution in [1.29, 1.82) is 0 Å². The van der Waals surface area contributed by atoms with Crippen LogP contribution in [0.4, 0.5) is 14.9 Å². The molecule has 1 aromatic rings. The van der Waals surface area contributed by atoms with Gasteiger partial charge < -0.3 is 14.5 Å². The van der Waals surface area contributed by atoms with E-state index >= 15 is 4.39 Å². The first-order valence-corrected chi connectivity index (χ1v) is 10.6. The number of hydrogen-bond acceptors (Lipinski definition) is 3. The SMILES string of the molecule is C[C@H]1CCC(c2cc(F)c3c(c2)CC2(CC2)C(=O)N3C)N(C(=O)OC(C)(C)C)C1. The van der Waals surface area contributed by atoms with Crippen LogP contribution in [0, 0.1) is 17.2 Å². The summed E-state index contributed by atoms with van der Waals surface area (Å²) < 4.78 is 20.8. The molecule has 2 amide bonds. The van der Waals surface area contributed by atoms with Gasteiger partial charge in [-0.2, -0.15) is 0 Å². The van der Waals surface area contributed by atoms with Crippen LogP contribution in [0.5, 0.6) is 0 Å². The molecule has 2 atom stereocenters. The largest absolute Gasteiger partial charge is 0.444 e. The summed E-state index contributed by atoms with van der Waals surface area (Å²) in [4.78, 5) is 28.7. The standard InChI is InChI=1S/C23H31FN2O3/c1-14-6-7-18(26(13-14)21(28)29-22(2,3)4)15-10-16-12-23(8-9-23)20(27)25(5)19(16)17(24)11-15/h10-11,14,18H,6-9,12-13H2,1-5H3/t14-,18?/m0/s1. The van der Waals surface area contributed by atoms with Gasteiger partial charge in [0.15, 0.2) is 0 Å². The zero-order valence-electron chi connectivity index (χ0n) is 18.0. The number of rotatable bonds is 1. The van der Waals surface area contributed by atoms with Crippen molar-refractivity contribution in [1.82, 2.24) is 4.90 Å². The van der Waals surface area contributed by atoms with E-state index in [0.29, 0.717) is 24.6 Å². The maximum atomic E-state index is 15.1. The predicted molar refractivity (Wildman–Crippen MR) is 109 cm³/mol. The van der Waals surface area contributed by atoms with Crippen LogP contribution >= 0.6 is 0 Å². The van der Waals surface area contributed by atoms with Gasteiger partial charge in [-0.3, -0.25) is 4.79 Å². The Morgan fingerprint density at radius 3 is 2.55 bits per heavy atom. The Labute approximate surface area is 172 Å². The van der Waals surface area contributed by atoms with Gasteiger partial charge in [0.05, 0.1) is 17.1 Å². The van der Waals surface area contributed by atoms with E-state index in [1.807, 2.05) is 26.8 Å². The fourth-order valence-electron chi connectivity index (χ4n) is 4.84. The van der Waals surface area contributed by atoms with Crippen LogP contribution in [0.3, 0.4) is 0 Å². The van der Waals surface area contributed by atoms with E-state index in [1.165, 1.54) is 11.0 Å². The van der Waals surface area contributed by atoms with Crippen LogP contribution in [0.1, 0.15) is 70.5 Å². The number of nitrogens with zero attached hydrogens (tertiary/aromatic N) is 2. The Hall–Kier alpha value is -2.11. The van der Waals surface area contributed by atoms with Crippen LogP contribution in [0.15, 0.2) is 12.1 Å². The van der Waals surface area contributed by atoms with Crippen LogP contribution in [0.25, 0.3) is 0 Å². The lowest BCUT2D eigenvalue weighted by Crippen LogP contribution is -2.44. The summed E-state index contributed by atoms with van der Waals surface area (Å²) in [6.07, 6.45) is 3.73. The highest BCUT2D eigenvalue weighted by molar-refractivity contribution is 6.02. The number of carbonyl (C=O) groups is 2. The van der Waals surface area contributed by atoms with E-state index in [0.717, 1.165) is 36.8 Å². The second-order valence-electron chi connectivity index (χ2n) is 10.2. The molecule has 0 aromatic heterocycles. The summed E-state index contributed by atoms with van der Waals surface area (Å²) in [5.74, 6) is 0.0184. The number of piperidine rings is 1. The van der Waals surface area contributed by atoms with E-state index in [9.17, 15) is 9.59 Å². The third-order valence-corrected chi connectivity index (χ3v) is 6.47. The first kappa shape index (κ1) is 20.2.